The lowest BCUT2D eigenvalue weighted by atomic mass is 10.4. The van der Waals surface area contributed by atoms with Gasteiger partial charge in [-0.1, -0.05) is 0 Å². The number of aromatic nitrogens is 1. The van der Waals surface area contributed by atoms with Gasteiger partial charge in [0.05, 0.1) is 18.1 Å². The maximum Gasteiger partial charge on any atom is 0.573 e. The average Bonchev–Trinajstić information content (AvgIpc) is 2.24. The molecule has 0 unspecified atom stereocenters. The number of ether oxygens (including phenoxy) is 2. The minimum absolute atomic E-state index is 0.203. The normalized spacial score (nSPS) is 12.1. The minimum atomic E-state index is -5.18. The molecule has 13 heteroatoms. The van der Waals surface area contributed by atoms with Gasteiger partial charge in [0.15, 0.2) is 5.75 Å². The Morgan fingerprint density at radius 2 is 2.00 bits per heavy atom. The van der Waals surface area contributed by atoms with Gasteiger partial charge in [-0.2, -0.15) is 4.98 Å². The van der Waals surface area contributed by atoms with E-state index in [0.29, 0.717) is 0 Å². The Balaban J connectivity index is 3.58. The Bertz CT molecular complexity index is 647. The third-order valence-electron chi connectivity index (χ3n) is 1.75. The first-order chi connectivity index (χ1) is 8.95. The average molecular weight is 337 g/mol. The van der Waals surface area contributed by atoms with Gasteiger partial charge in [-0.3, -0.25) is 10.1 Å². The number of nitrogens with zero attached hydrogens (tertiary/aromatic N) is 2. The number of pyridine rings is 1. The summed E-state index contributed by atoms with van der Waals surface area (Å²) >= 11 is 0. The molecule has 20 heavy (non-hydrogen) atoms. The summed E-state index contributed by atoms with van der Waals surface area (Å²) < 4.78 is 66.4. The van der Waals surface area contributed by atoms with E-state index in [1.807, 2.05) is 0 Å². The molecule has 1 heterocycles. The number of alkyl halides is 3. The van der Waals surface area contributed by atoms with Gasteiger partial charge in [0.1, 0.15) is 0 Å². The topological polar surface area (TPSA) is 109 Å². The van der Waals surface area contributed by atoms with Crippen LogP contribution < -0.4 is 9.47 Å². The molecule has 0 spiro atoms. The number of methoxy groups -OCH3 is 1. The van der Waals surface area contributed by atoms with Crippen LogP contribution >= 0.6 is 10.7 Å². The molecule has 8 nitrogen and oxygen atoms in total. The third-order valence-corrected chi connectivity index (χ3v) is 2.95. The van der Waals surface area contributed by atoms with E-state index in [9.17, 15) is 31.7 Å². The summed E-state index contributed by atoms with van der Waals surface area (Å²) in [5, 5.41) is 9.40. The molecule has 0 saturated carbocycles. The fourth-order valence-corrected chi connectivity index (χ4v) is 2.02. The van der Waals surface area contributed by atoms with Crippen LogP contribution in [0.2, 0.25) is 0 Å². The number of halogens is 4. The van der Waals surface area contributed by atoms with Crippen molar-refractivity contribution in [2.24, 2.45) is 0 Å². The fourth-order valence-electron chi connectivity index (χ4n) is 1.11. The molecule has 0 N–H and O–H groups in total. The van der Waals surface area contributed by atoms with Crippen molar-refractivity contribution >= 4 is 25.4 Å². The van der Waals surface area contributed by atoms with Crippen LogP contribution in [-0.2, 0) is 9.05 Å². The zero-order chi connectivity index (χ0) is 15.7. The molecule has 0 atom stereocenters. The van der Waals surface area contributed by atoms with E-state index in [0.717, 1.165) is 7.11 Å². The van der Waals surface area contributed by atoms with E-state index in [2.05, 4.69) is 14.5 Å². The van der Waals surface area contributed by atoms with Crippen LogP contribution in [0.3, 0.4) is 0 Å². The second kappa shape index (κ2) is 5.28. The Morgan fingerprint density at radius 3 is 2.35 bits per heavy atom. The number of hydrogen-bond acceptors (Lipinski definition) is 7. The van der Waals surface area contributed by atoms with Crippen molar-refractivity contribution in [3.8, 4) is 11.6 Å². The summed E-state index contributed by atoms with van der Waals surface area (Å²) in [4.78, 5) is 12.4. The molecule has 0 radical (unpaired) electrons. The van der Waals surface area contributed by atoms with Crippen molar-refractivity contribution in [2.45, 2.75) is 11.4 Å². The van der Waals surface area contributed by atoms with Crippen LogP contribution in [0.4, 0.5) is 18.9 Å². The highest BCUT2D eigenvalue weighted by molar-refractivity contribution is 8.13. The summed E-state index contributed by atoms with van der Waals surface area (Å²) in [5.74, 6) is -2.09. The molecular formula is C7H4ClF3N2O6S. The smallest absolute Gasteiger partial charge is 0.478 e. The Hall–Kier alpha value is -1.82. The molecule has 0 aliphatic carbocycles. The number of hydrogen-bond donors (Lipinski definition) is 0. The zero-order valence-electron chi connectivity index (χ0n) is 9.34. The quantitative estimate of drug-likeness (QED) is 0.468. The van der Waals surface area contributed by atoms with Crippen LogP contribution in [0.15, 0.2) is 11.1 Å². The highest BCUT2D eigenvalue weighted by Gasteiger charge is 2.36. The summed E-state index contributed by atoms with van der Waals surface area (Å²) in [6.45, 7) is 0. The number of nitro groups is 1. The predicted molar refractivity (Wildman–Crippen MR) is 57.2 cm³/mol. The summed E-state index contributed by atoms with van der Waals surface area (Å²) in [7, 11) is 1.10. The maximum absolute atomic E-state index is 12.1. The van der Waals surface area contributed by atoms with E-state index in [-0.39, 0.29) is 6.07 Å². The molecule has 1 aromatic heterocycles. The molecule has 1 rings (SSSR count). The summed E-state index contributed by atoms with van der Waals surface area (Å²) in [6.07, 6.45) is -5.18. The monoisotopic (exact) mass is 336 g/mol. The van der Waals surface area contributed by atoms with Crippen LogP contribution in [0.5, 0.6) is 11.6 Å². The van der Waals surface area contributed by atoms with Crippen LogP contribution in [0.25, 0.3) is 0 Å². The number of rotatable bonds is 4. The molecule has 112 valence electrons. The van der Waals surface area contributed by atoms with E-state index in [1.165, 1.54) is 0 Å². The van der Waals surface area contributed by atoms with E-state index < -0.39 is 42.7 Å². The molecule has 0 bridgehead atoms. The van der Waals surface area contributed by atoms with Crippen molar-refractivity contribution < 1.29 is 36.0 Å². The minimum Gasteiger partial charge on any atom is -0.478 e. The molecule has 0 amide bonds. The van der Waals surface area contributed by atoms with Gasteiger partial charge in [-0.05, 0) is 0 Å². The van der Waals surface area contributed by atoms with Crippen LogP contribution in [-0.4, -0.2) is 31.8 Å². The molecule has 1 aromatic rings. The van der Waals surface area contributed by atoms with Gasteiger partial charge in [0.25, 0.3) is 20.0 Å². The van der Waals surface area contributed by atoms with E-state index in [4.69, 9.17) is 10.7 Å². The van der Waals surface area contributed by atoms with E-state index >= 15 is 0 Å². The van der Waals surface area contributed by atoms with Gasteiger partial charge >= 0.3 is 12.0 Å². The zero-order valence-corrected chi connectivity index (χ0v) is 10.9. The highest BCUT2D eigenvalue weighted by Crippen LogP contribution is 2.37. The lowest BCUT2D eigenvalue weighted by Crippen LogP contribution is -2.18. The first-order valence-corrected chi connectivity index (χ1v) is 6.70. The molecule has 0 saturated heterocycles. The van der Waals surface area contributed by atoms with Gasteiger partial charge in [-0.15, -0.1) is 13.2 Å². The summed E-state index contributed by atoms with van der Waals surface area (Å²) in [6, 6.07) is 0.203. The van der Waals surface area contributed by atoms with Crippen LogP contribution in [0.1, 0.15) is 0 Å². The first kappa shape index (κ1) is 16.2. The first-order valence-electron chi connectivity index (χ1n) is 4.39. The maximum atomic E-state index is 12.1. The Morgan fingerprint density at radius 1 is 1.45 bits per heavy atom. The van der Waals surface area contributed by atoms with Gasteiger partial charge in [0, 0.05) is 10.7 Å². The van der Waals surface area contributed by atoms with Crippen molar-refractivity contribution in [1.82, 2.24) is 4.98 Å². The van der Waals surface area contributed by atoms with Crippen molar-refractivity contribution in [3.63, 3.8) is 0 Å². The third kappa shape index (κ3) is 3.84. The molecule has 0 aliphatic rings. The lowest BCUT2D eigenvalue weighted by molar-refractivity contribution is -0.388. The second-order valence-electron chi connectivity index (χ2n) is 3.06. The van der Waals surface area contributed by atoms with Crippen LogP contribution in [0, 0.1) is 10.1 Å². The largest absolute Gasteiger partial charge is 0.573 e. The molecule has 0 aromatic carbocycles. The Labute approximate surface area is 113 Å². The highest BCUT2D eigenvalue weighted by atomic mass is 35.7. The Kier molecular flexibility index (Phi) is 4.29. The van der Waals surface area contributed by atoms with E-state index in [1.54, 1.807) is 0 Å². The molecule has 0 aliphatic heterocycles. The van der Waals surface area contributed by atoms with Crippen molar-refractivity contribution in [3.05, 3.63) is 16.2 Å². The SMILES string of the molecule is COc1nc(S(=O)(=O)Cl)c([N+](=O)[O-])cc1OC(F)(F)F. The summed E-state index contributed by atoms with van der Waals surface area (Å²) in [5.41, 5.74) is -1.28. The van der Waals surface area contributed by atoms with Gasteiger partial charge in [0.2, 0.25) is 0 Å². The fraction of sp³-hybridized carbons (Fsp3) is 0.286. The van der Waals surface area contributed by atoms with Gasteiger partial charge in [-0.25, -0.2) is 8.42 Å². The molecule has 0 fully saturated rings. The van der Waals surface area contributed by atoms with Crippen molar-refractivity contribution in [2.75, 3.05) is 7.11 Å². The van der Waals surface area contributed by atoms with Gasteiger partial charge < -0.3 is 9.47 Å². The second-order valence-corrected chi connectivity index (χ2v) is 5.54. The van der Waals surface area contributed by atoms with Crippen molar-refractivity contribution in [1.29, 1.82) is 0 Å². The lowest BCUT2D eigenvalue weighted by Gasteiger charge is -2.12. The molecular weight excluding hydrogens is 333 g/mol. The standard InChI is InChI=1S/C7H4ClF3N2O6S/c1-18-5-4(19-7(9,10)11)2-3(13(14)15)6(12-5)20(8,16)17/h2H,1H3. The predicted octanol–water partition coefficient (Wildman–Crippen LogP) is 1.82.